The lowest BCUT2D eigenvalue weighted by Gasteiger charge is -2.35. The molecule has 1 unspecified atom stereocenters. The molecule has 0 aromatic carbocycles. The van der Waals surface area contributed by atoms with E-state index in [0.29, 0.717) is 19.5 Å². The van der Waals surface area contributed by atoms with Gasteiger partial charge in [-0.15, -0.1) is 0 Å². The Balaban J connectivity index is 4.64. The molecule has 7 heteroatoms. The van der Waals surface area contributed by atoms with Gasteiger partial charge in [-0.05, 0) is 38.5 Å². The van der Waals surface area contributed by atoms with Crippen LogP contribution in [0, 0.1) is 17.3 Å². The maximum absolute atomic E-state index is 12.3. The lowest BCUT2D eigenvalue weighted by atomic mass is 9.80. The van der Waals surface area contributed by atoms with Gasteiger partial charge in [0.25, 0.3) is 0 Å². The van der Waals surface area contributed by atoms with Gasteiger partial charge in [0, 0.05) is 25.0 Å². The van der Waals surface area contributed by atoms with E-state index >= 15 is 0 Å². The zero-order chi connectivity index (χ0) is 20.5. The average Bonchev–Trinajstić information content (AvgIpc) is 2.48. The van der Waals surface area contributed by atoms with Crippen molar-refractivity contribution in [1.82, 2.24) is 16.0 Å². The zero-order valence-electron chi connectivity index (χ0n) is 17.6. The molecule has 7 nitrogen and oxygen atoms in total. The monoisotopic (exact) mass is 371 g/mol. The lowest BCUT2D eigenvalue weighted by molar-refractivity contribution is -0.149. The highest BCUT2D eigenvalue weighted by molar-refractivity contribution is 5.83. The van der Waals surface area contributed by atoms with E-state index in [9.17, 15) is 14.4 Å². The molecule has 0 fully saturated rings. The number of carbonyl (C=O) groups excluding carboxylic acids is 3. The second-order valence-electron chi connectivity index (χ2n) is 8.56. The van der Waals surface area contributed by atoms with E-state index in [1.165, 1.54) is 7.11 Å². The summed E-state index contributed by atoms with van der Waals surface area (Å²) in [6.45, 7) is 14.7. The first kappa shape index (κ1) is 24.2. The number of hydrogen-bond acceptors (Lipinski definition) is 4. The largest absolute Gasteiger partial charge is 0.469 e. The fraction of sp³-hybridized carbons (Fsp3) is 0.842. The average molecular weight is 372 g/mol. The minimum Gasteiger partial charge on any atom is -0.469 e. The van der Waals surface area contributed by atoms with Crippen molar-refractivity contribution in [1.29, 1.82) is 0 Å². The summed E-state index contributed by atoms with van der Waals surface area (Å²) in [7, 11) is 1.34. The molecule has 3 amide bonds. The lowest BCUT2D eigenvalue weighted by Crippen LogP contribution is -2.51. The molecule has 0 rings (SSSR count). The van der Waals surface area contributed by atoms with E-state index in [4.69, 9.17) is 4.74 Å². The summed E-state index contributed by atoms with van der Waals surface area (Å²) in [5.41, 5.74) is -0.642. The molecule has 0 saturated heterocycles. The molecule has 0 aliphatic rings. The van der Waals surface area contributed by atoms with Crippen LogP contribution >= 0.6 is 0 Å². The smallest absolute Gasteiger partial charge is 0.315 e. The second-order valence-corrected chi connectivity index (χ2v) is 8.56. The number of carbonyl (C=O) groups is 3. The molecule has 0 bridgehead atoms. The predicted octanol–water partition coefficient (Wildman–Crippen LogP) is 2.45. The van der Waals surface area contributed by atoms with Crippen molar-refractivity contribution in [3.63, 3.8) is 0 Å². The molecule has 0 aliphatic carbocycles. The Morgan fingerprint density at radius 1 is 1.04 bits per heavy atom. The maximum atomic E-state index is 12.3. The number of esters is 1. The van der Waals surface area contributed by atoms with Crippen molar-refractivity contribution in [3.05, 3.63) is 0 Å². The minimum absolute atomic E-state index is 0.0291. The number of hydrogen-bond donors (Lipinski definition) is 3. The molecule has 3 N–H and O–H groups in total. The molecular weight excluding hydrogens is 334 g/mol. The van der Waals surface area contributed by atoms with Crippen LogP contribution in [-0.4, -0.2) is 43.6 Å². The van der Waals surface area contributed by atoms with Crippen molar-refractivity contribution < 1.29 is 19.1 Å². The first-order chi connectivity index (χ1) is 11.8. The molecule has 0 aliphatic heterocycles. The first-order valence-corrected chi connectivity index (χ1v) is 9.24. The number of methoxy groups -OCH3 is 1. The molecular formula is C19H37N3O4. The topological polar surface area (TPSA) is 96.5 Å². The summed E-state index contributed by atoms with van der Waals surface area (Å²) in [4.78, 5) is 35.8. The van der Waals surface area contributed by atoms with Gasteiger partial charge in [0.2, 0.25) is 5.91 Å². The number of rotatable bonds is 10. The third-order valence-corrected chi connectivity index (χ3v) is 4.19. The summed E-state index contributed by atoms with van der Waals surface area (Å²) in [6.07, 6.45) is 0.795. The molecule has 0 aromatic heterocycles. The Labute approximate surface area is 158 Å². The quantitative estimate of drug-likeness (QED) is 0.514. The number of amides is 3. The van der Waals surface area contributed by atoms with E-state index < -0.39 is 11.5 Å². The Bertz CT molecular complexity index is 487. The van der Waals surface area contributed by atoms with Crippen LogP contribution in [-0.2, 0) is 14.3 Å². The fourth-order valence-electron chi connectivity index (χ4n) is 3.17. The van der Waals surface area contributed by atoms with E-state index in [2.05, 4.69) is 16.0 Å². The van der Waals surface area contributed by atoms with Crippen molar-refractivity contribution in [2.45, 2.75) is 66.8 Å². The molecule has 0 aromatic rings. The zero-order valence-corrected chi connectivity index (χ0v) is 17.6. The van der Waals surface area contributed by atoms with Crippen LogP contribution in [0.15, 0.2) is 0 Å². The van der Waals surface area contributed by atoms with Gasteiger partial charge >= 0.3 is 12.0 Å². The summed E-state index contributed by atoms with van der Waals surface area (Å²) in [6, 6.07) is -0.199. The van der Waals surface area contributed by atoms with Crippen molar-refractivity contribution in [3.8, 4) is 0 Å². The number of nitrogens with one attached hydrogen (secondary N) is 3. The van der Waals surface area contributed by atoms with Crippen LogP contribution in [0.25, 0.3) is 0 Å². The Morgan fingerprint density at radius 2 is 1.62 bits per heavy atom. The van der Waals surface area contributed by atoms with E-state index in [-0.39, 0.29) is 35.7 Å². The Kier molecular flexibility index (Phi) is 9.67. The molecule has 0 spiro atoms. The van der Waals surface area contributed by atoms with Crippen molar-refractivity contribution in [2.75, 3.05) is 20.2 Å². The van der Waals surface area contributed by atoms with Gasteiger partial charge in [0.15, 0.2) is 0 Å². The summed E-state index contributed by atoms with van der Waals surface area (Å²) < 4.78 is 4.78. The standard InChI is InChI=1S/C19H37N3O4/c1-9-20-17(25)22-19(6,7)11-18(4,5)12-21-15(23)10-14(13(2)3)16(24)26-8/h13-14H,9-12H2,1-8H3,(H,21,23)(H2,20,22,25). The summed E-state index contributed by atoms with van der Waals surface area (Å²) >= 11 is 0. The van der Waals surface area contributed by atoms with Crippen LogP contribution in [0.5, 0.6) is 0 Å². The van der Waals surface area contributed by atoms with Crippen LogP contribution in [0.1, 0.15) is 61.3 Å². The van der Waals surface area contributed by atoms with Gasteiger partial charge in [-0.3, -0.25) is 9.59 Å². The third kappa shape index (κ3) is 9.63. The normalized spacial score (nSPS) is 13.1. The number of ether oxygens (including phenoxy) is 1. The van der Waals surface area contributed by atoms with Crippen molar-refractivity contribution in [2.24, 2.45) is 17.3 Å². The summed E-state index contributed by atoms with van der Waals surface area (Å²) in [5.74, 6) is -0.946. The van der Waals surface area contributed by atoms with Gasteiger partial charge in [-0.2, -0.15) is 0 Å². The van der Waals surface area contributed by atoms with Crippen molar-refractivity contribution >= 4 is 17.9 Å². The van der Waals surface area contributed by atoms with Crippen LogP contribution in [0.4, 0.5) is 4.79 Å². The molecule has 1 atom stereocenters. The second kappa shape index (κ2) is 10.4. The predicted molar refractivity (Wildman–Crippen MR) is 103 cm³/mol. The molecule has 0 saturated carbocycles. The highest BCUT2D eigenvalue weighted by Gasteiger charge is 2.31. The molecule has 152 valence electrons. The SMILES string of the molecule is CCNC(=O)NC(C)(C)CC(C)(C)CNC(=O)CC(C(=O)OC)C(C)C. The highest BCUT2D eigenvalue weighted by Crippen LogP contribution is 2.27. The van der Waals surface area contributed by atoms with Crippen LogP contribution in [0.2, 0.25) is 0 Å². The van der Waals surface area contributed by atoms with Gasteiger partial charge in [0.05, 0.1) is 13.0 Å². The van der Waals surface area contributed by atoms with Gasteiger partial charge < -0.3 is 20.7 Å². The summed E-state index contributed by atoms with van der Waals surface area (Å²) in [5, 5.41) is 8.58. The highest BCUT2D eigenvalue weighted by atomic mass is 16.5. The molecule has 0 radical (unpaired) electrons. The van der Waals surface area contributed by atoms with Gasteiger partial charge in [0.1, 0.15) is 0 Å². The van der Waals surface area contributed by atoms with Gasteiger partial charge in [-0.1, -0.05) is 27.7 Å². The van der Waals surface area contributed by atoms with Crippen LogP contribution < -0.4 is 16.0 Å². The van der Waals surface area contributed by atoms with Gasteiger partial charge in [-0.25, -0.2) is 4.79 Å². The Morgan fingerprint density at radius 3 is 2.08 bits per heavy atom. The molecule has 0 heterocycles. The Hall–Kier alpha value is -1.79. The van der Waals surface area contributed by atoms with E-state index in [1.807, 2.05) is 48.5 Å². The maximum Gasteiger partial charge on any atom is 0.315 e. The van der Waals surface area contributed by atoms with E-state index in [0.717, 1.165) is 0 Å². The third-order valence-electron chi connectivity index (χ3n) is 4.19. The minimum atomic E-state index is -0.445. The molecule has 26 heavy (non-hydrogen) atoms. The first-order valence-electron chi connectivity index (χ1n) is 9.24. The number of urea groups is 1. The van der Waals surface area contributed by atoms with Crippen LogP contribution in [0.3, 0.4) is 0 Å². The van der Waals surface area contributed by atoms with E-state index in [1.54, 1.807) is 0 Å². The fourth-order valence-corrected chi connectivity index (χ4v) is 3.17.